The summed E-state index contributed by atoms with van der Waals surface area (Å²) in [5.41, 5.74) is 2.30. The number of carbonyl (C=O) groups excluding carboxylic acids is 2. The number of hydrogen-bond donors (Lipinski definition) is 0. The Kier molecular flexibility index (Phi) is 12.0. The second-order valence-electron chi connectivity index (χ2n) is 6.96. The van der Waals surface area contributed by atoms with Crippen LogP contribution in [0.1, 0.15) is 24.0 Å². The summed E-state index contributed by atoms with van der Waals surface area (Å²) in [4.78, 5) is 28.5. The van der Waals surface area contributed by atoms with E-state index in [9.17, 15) is 14.9 Å². The second-order valence-corrected chi connectivity index (χ2v) is 8.69. The lowest BCUT2D eigenvalue weighted by molar-refractivity contribution is -0.143. The lowest BCUT2D eigenvalue weighted by Gasteiger charge is -2.24. The number of anilines is 1. The van der Waals surface area contributed by atoms with Gasteiger partial charge in [0.15, 0.2) is 0 Å². The normalized spacial score (nSPS) is 10.5. The van der Waals surface area contributed by atoms with E-state index in [1.165, 1.54) is 0 Å². The predicted octanol–water partition coefficient (Wildman–Crippen LogP) is 6.04. The van der Waals surface area contributed by atoms with E-state index in [0.29, 0.717) is 39.9 Å². The van der Waals surface area contributed by atoms with E-state index in [4.69, 9.17) is 39.2 Å². The van der Waals surface area contributed by atoms with Crippen molar-refractivity contribution < 1.29 is 19.1 Å². The molecule has 2 rings (SSSR count). The van der Waals surface area contributed by atoms with Gasteiger partial charge in [-0.2, -0.15) is 5.26 Å². The highest BCUT2D eigenvalue weighted by atomic mass is 35.5. The van der Waals surface area contributed by atoms with Crippen LogP contribution in [0.3, 0.4) is 0 Å². The van der Waals surface area contributed by atoms with Crippen molar-refractivity contribution in [2.75, 3.05) is 43.0 Å². The smallest absolute Gasteiger partial charge is 0.307 e. The average Bonchev–Trinajstić information content (AvgIpc) is 3.16. The number of benzene rings is 1. The van der Waals surface area contributed by atoms with E-state index in [0.717, 1.165) is 17.0 Å². The van der Waals surface area contributed by atoms with Gasteiger partial charge in [0.05, 0.1) is 43.8 Å². The maximum atomic E-state index is 11.6. The number of nitrogens with zero attached hydrogens (tertiary/aromatic N) is 5. The molecular weight excluding hydrogens is 513 g/mol. The number of hydrogen-bond acceptors (Lipinski definition) is 9. The monoisotopic (exact) mass is 535 g/mol. The highest BCUT2D eigenvalue weighted by molar-refractivity contribution is 7.20. The molecule has 0 saturated carbocycles. The molecule has 0 radical (unpaired) electrons. The van der Waals surface area contributed by atoms with E-state index in [1.807, 2.05) is 17.0 Å². The Labute approximate surface area is 217 Å². The quantitative estimate of drug-likeness (QED) is 0.134. The van der Waals surface area contributed by atoms with Gasteiger partial charge in [-0.05, 0) is 36.8 Å². The molecule has 0 aliphatic rings. The van der Waals surface area contributed by atoms with Crippen LogP contribution in [-0.2, 0) is 19.1 Å². The first-order valence-corrected chi connectivity index (χ1v) is 12.4. The molecule has 9 nitrogen and oxygen atoms in total. The van der Waals surface area contributed by atoms with Crippen molar-refractivity contribution in [2.45, 2.75) is 19.8 Å². The molecule has 0 amide bonds. The second kappa shape index (κ2) is 14.9. The highest BCUT2D eigenvalue weighted by Crippen LogP contribution is 2.41. The Bertz CT molecular complexity index is 1100. The maximum Gasteiger partial charge on any atom is 0.307 e. The van der Waals surface area contributed by atoms with Gasteiger partial charge in [0, 0.05) is 17.4 Å². The molecule has 0 fully saturated rings. The van der Waals surface area contributed by atoms with Crippen molar-refractivity contribution in [1.29, 1.82) is 5.26 Å². The van der Waals surface area contributed by atoms with Gasteiger partial charge >= 0.3 is 11.9 Å². The molecule has 2 aromatic rings. The standard InChI is InChI=1S/C23H23Cl2N5O4S/c1-16-19(15-26)23(35-22(16)27-2)29-28-17-3-5-18(6-4-17)30(11-13-33-20(31)7-9-24)12-14-34-21(32)8-10-25/h3-6H,7-14H2,1H3. The van der Waals surface area contributed by atoms with Gasteiger partial charge in [0.25, 0.3) is 0 Å². The van der Waals surface area contributed by atoms with Crippen molar-refractivity contribution in [2.24, 2.45) is 10.2 Å². The fourth-order valence-electron chi connectivity index (χ4n) is 2.84. The number of halogens is 2. The van der Waals surface area contributed by atoms with Gasteiger partial charge in [0.1, 0.15) is 24.3 Å². The summed E-state index contributed by atoms with van der Waals surface area (Å²) in [5, 5.41) is 18.5. The van der Waals surface area contributed by atoms with E-state index in [2.05, 4.69) is 21.1 Å². The summed E-state index contributed by atoms with van der Waals surface area (Å²) in [6.45, 7) is 9.95. The zero-order chi connectivity index (χ0) is 25.6. The first kappa shape index (κ1) is 28.1. The molecule has 0 saturated heterocycles. The van der Waals surface area contributed by atoms with Crippen LogP contribution in [-0.4, -0.2) is 50.0 Å². The van der Waals surface area contributed by atoms with E-state index in [1.54, 1.807) is 19.1 Å². The molecule has 0 spiro atoms. The minimum Gasteiger partial charge on any atom is -0.464 e. The van der Waals surface area contributed by atoms with Crippen molar-refractivity contribution in [3.63, 3.8) is 0 Å². The Balaban J connectivity index is 2.10. The third kappa shape index (κ3) is 8.84. The zero-order valence-corrected chi connectivity index (χ0v) is 21.3. The van der Waals surface area contributed by atoms with Crippen molar-refractivity contribution in [3.8, 4) is 6.07 Å². The lowest BCUT2D eigenvalue weighted by Crippen LogP contribution is -2.32. The van der Waals surface area contributed by atoms with Gasteiger partial charge in [-0.1, -0.05) is 0 Å². The van der Waals surface area contributed by atoms with Gasteiger partial charge in [-0.25, -0.2) is 4.85 Å². The number of nitriles is 1. The molecule has 184 valence electrons. The summed E-state index contributed by atoms with van der Waals surface area (Å²) in [7, 11) is 0. The van der Waals surface area contributed by atoms with Crippen molar-refractivity contribution in [1.82, 2.24) is 0 Å². The number of thiophene rings is 1. The molecular formula is C23H23Cl2N5O4S. The van der Waals surface area contributed by atoms with Gasteiger partial charge < -0.3 is 14.4 Å². The average molecular weight is 536 g/mol. The maximum absolute atomic E-state index is 11.6. The number of rotatable bonds is 13. The topological polar surface area (TPSA) is 109 Å². The fraction of sp³-hybridized carbons (Fsp3) is 0.391. The highest BCUT2D eigenvalue weighted by Gasteiger charge is 2.14. The van der Waals surface area contributed by atoms with Gasteiger partial charge in [-0.15, -0.1) is 44.8 Å². The zero-order valence-electron chi connectivity index (χ0n) is 19.0. The molecule has 0 atom stereocenters. The summed E-state index contributed by atoms with van der Waals surface area (Å²) < 4.78 is 10.4. The van der Waals surface area contributed by atoms with E-state index < -0.39 is 0 Å². The van der Waals surface area contributed by atoms with E-state index >= 15 is 0 Å². The third-order valence-electron chi connectivity index (χ3n) is 4.63. The minimum absolute atomic E-state index is 0.131. The molecule has 35 heavy (non-hydrogen) atoms. The van der Waals surface area contributed by atoms with Crippen LogP contribution in [0, 0.1) is 24.8 Å². The van der Waals surface area contributed by atoms with Gasteiger partial charge in [0.2, 0.25) is 5.00 Å². The van der Waals surface area contributed by atoms with Crippen molar-refractivity contribution in [3.05, 3.63) is 46.8 Å². The van der Waals surface area contributed by atoms with Crippen LogP contribution in [0.5, 0.6) is 0 Å². The molecule has 1 aromatic heterocycles. The van der Waals surface area contributed by atoms with Crippen LogP contribution in [0.4, 0.5) is 21.4 Å². The van der Waals surface area contributed by atoms with Crippen LogP contribution < -0.4 is 4.90 Å². The van der Waals surface area contributed by atoms with Gasteiger partial charge in [-0.3, -0.25) is 9.59 Å². The Morgan fingerprint density at radius 3 is 2.14 bits per heavy atom. The molecule has 1 aromatic carbocycles. The summed E-state index contributed by atoms with van der Waals surface area (Å²) >= 11 is 12.2. The number of carbonyl (C=O) groups is 2. The summed E-state index contributed by atoms with van der Waals surface area (Å²) in [5.74, 6) is -0.387. The van der Waals surface area contributed by atoms with E-state index in [-0.39, 0.29) is 49.8 Å². The Morgan fingerprint density at radius 1 is 1.09 bits per heavy atom. The fourth-order valence-corrected chi connectivity index (χ4v) is 4.01. The van der Waals surface area contributed by atoms with Crippen molar-refractivity contribution >= 4 is 67.9 Å². The Hall–Kier alpha value is -3.18. The van der Waals surface area contributed by atoms with Crippen LogP contribution in [0.25, 0.3) is 4.85 Å². The summed E-state index contributed by atoms with van der Waals surface area (Å²) in [6, 6.07) is 9.18. The number of azo groups is 1. The van der Waals surface area contributed by atoms with Crippen LogP contribution in [0.2, 0.25) is 0 Å². The largest absolute Gasteiger partial charge is 0.464 e. The molecule has 0 N–H and O–H groups in total. The number of alkyl halides is 2. The minimum atomic E-state index is -0.383. The summed E-state index contributed by atoms with van der Waals surface area (Å²) in [6.07, 6.45) is 0.262. The number of ether oxygens (including phenoxy) is 2. The van der Waals surface area contributed by atoms with Crippen LogP contribution >= 0.6 is 34.5 Å². The molecule has 1 heterocycles. The SMILES string of the molecule is [C-]#[N+]c1sc(N=Nc2ccc(N(CCOC(=O)CCCl)CCOC(=O)CCCl)cc2)c(C#N)c1C. The molecule has 12 heteroatoms. The molecule has 0 aliphatic carbocycles. The third-order valence-corrected chi connectivity index (χ3v) is 6.08. The molecule has 0 unspecified atom stereocenters. The molecule has 0 aliphatic heterocycles. The first-order chi connectivity index (χ1) is 16.9. The van der Waals surface area contributed by atoms with Crippen LogP contribution in [0.15, 0.2) is 34.5 Å². The molecule has 0 bridgehead atoms. The lowest BCUT2D eigenvalue weighted by atomic mass is 10.2. The number of esters is 2. The first-order valence-electron chi connectivity index (χ1n) is 10.5. The predicted molar refractivity (Wildman–Crippen MR) is 135 cm³/mol. The Morgan fingerprint density at radius 2 is 1.66 bits per heavy atom.